The quantitative estimate of drug-likeness (QED) is 0.649. The van der Waals surface area contributed by atoms with Crippen LogP contribution >= 0.6 is 0 Å². The number of pyridine rings is 1. The Balaban J connectivity index is 1.62. The molecule has 0 radical (unpaired) electrons. The second kappa shape index (κ2) is 7.96. The molecule has 0 unspecified atom stereocenters. The molecule has 1 saturated heterocycles. The Bertz CT molecular complexity index is 952. The number of hydrogen-bond acceptors (Lipinski definition) is 3. The highest BCUT2D eigenvalue weighted by molar-refractivity contribution is 5.92. The molecule has 1 fully saturated rings. The molecule has 0 amide bonds. The van der Waals surface area contributed by atoms with Crippen LogP contribution in [0.5, 0.6) is 5.75 Å². The summed E-state index contributed by atoms with van der Waals surface area (Å²) in [5.74, 6) is 2.06. The van der Waals surface area contributed by atoms with E-state index in [0.29, 0.717) is 11.8 Å². The average Bonchev–Trinajstić information content (AvgIpc) is 3.06. The van der Waals surface area contributed by atoms with Crippen molar-refractivity contribution in [3.63, 3.8) is 0 Å². The molecule has 3 aromatic rings. The maximum atomic E-state index is 6.22. The van der Waals surface area contributed by atoms with E-state index in [1.165, 1.54) is 53.7 Å². The highest BCUT2D eigenvalue weighted by Crippen LogP contribution is 2.37. The SMILES string of the molecule is Cc1cc(-c2[nH]c3ccc(OCC4CCN(C)CC4)cc3c2C(C)C)ccn1. The lowest BCUT2D eigenvalue weighted by atomic mass is 9.96. The number of likely N-dealkylation sites (tertiary alicyclic amines) is 1. The number of hydrogen-bond donors (Lipinski definition) is 1. The number of benzene rings is 1. The highest BCUT2D eigenvalue weighted by atomic mass is 16.5. The van der Waals surface area contributed by atoms with Crippen molar-refractivity contribution < 1.29 is 4.74 Å². The molecule has 4 heteroatoms. The lowest BCUT2D eigenvalue weighted by Gasteiger charge is -2.28. The van der Waals surface area contributed by atoms with Crippen LogP contribution in [-0.2, 0) is 0 Å². The third-order valence-corrected chi connectivity index (χ3v) is 5.90. The Morgan fingerprint density at radius 2 is 1.96 bits per heavy atom. The van der Waals surface area contributed by atoms with E-state index >= 15 is 0 Å². The molecular formula is C24H31N3O. The smallest absolute Gasteiger partial charge is 0.120 e. The van der Waals surface area contributed by atoms with Gasteiger partial charge in [0.1, 0.15) is 5.75 Å². The molecule has 0 atom stereocenters. The van der Waals surface area contributed by atoms with E-state index in [9.17, 15) is 0 Å². The second-order valence-corrected chi connectivity index (χ2v) is 8.52. The topological polar surface area (TPSA) is 41.1 Å². The van der Waals surface area contributed by atoms with Gasteiger partial charge >= 0.3 is 0 Å². The standard InChI is InChI=1S/C24H31N3O/c1-16(2)23-21-14-20(28-15-18-8-11-27(4)12-9-18)5-6-22(21)26-24(23)19-7-10-25-17(3)13-19/h5-7,10,13-14,16,18,26H,8-9,11-12,15H2,1-4H3. The first-order chi connectivity index (χ1) is 13.5. The minimum atomic E-state index is 0.418. The number of nitrogens with one attached hydrogen (secondary N) is 1. The molecule has 1 N–H and O–H groups in total. The molecule has 28 heavy (non-hydrogen) atoms. The molecule has 0 bridgehead atoms. The van der Waals surface area contributed by atoms with Crippen LogP contribution in [0.4, 0.5) is 0 Å². The zero-order chi connectivity index (χ0) is 19.7. The molecule has 1 aliphatic heterocycles. The van der Waals surface area contributed by atoms with Crippen LogP contribution < -0.4 is 4.74 Å². The van der Waals surface area contributed by atoms with E-state index in [1.807, 2.05) is 13.1 Å². The predicted molar refractivity (Wildman–Crippen MR) is 116 cm³/mol. The van der Waals surface area contributed by atoms with E-state index in [0.717, 1.165) is 18.1 Å². The summed E-state index contributed by atoms with van der Waals surface area (Å²) in [5.41, 5.74) is 5.95. The van der Waals surface area contributed by atoms with Gasteiger partial charge < -0.3 is 14.6 Å². The minimum Gasteiger partial charge on any atom is -0.493 e. The van der Waals surface area contributed by atoms with Gasteiger partial charge in [0.25, 0.3) is 0 Å². The summed E-state index contributed by atoms with van der Waals surface area (Å²) in [6.45, 7) is 9.72. The fourth-order valence-corrected chi connectivity index (χ4v) is 4.25. The second-order valence-electron chi connectivity index (χ2n) is 8.52. The van der Waals surface area contributed by atoms with Gasteiger partial charge in [-0.3, -0.25) is 4.98 Å². The molecule has 0 aliphatic carbocycles. The van der Waals surface area contributed by atoms with E-state index in [2.05, 4.69) is 66.1 Å². The number of aromatic nitrogens is 2. The Morgan fingerprint density at radius 1 is 1.18 bits per heavy atom. The van der Waals surface area contributed by atoms with Crippen molar-refractivity contribution in [3.8, 4) is 17.0 Å². The maximum absolute atomic E-state index is 6.22. The largest absolute Gasteiger partial charge is 0.493 e. The van der Waals surface area contributed by atoms with Crippen molar-refractivity contribution in [2.45, 2.75) is 39.5 Å². The number of ether oxygens (including phenoxy) is 1. The third-order valence-electron chi connectivity index (χ3n) is 5.90. The number of aryl methyl sites for hydroxylation is 1. The van der Waals surface area contributed by atoms with Crippen LogP contribution in [0.1, 0.15) is 43.9 Å². The van der Waals surface area contributed by atoms with Crippen molar-refractivity contribution in [1.82, 2.24) is 14.9 Å². The van der Waals surface area contributed by atoms with Gasteiger partial charge in [-0.25, -0.2) is 0 Å². The molecule has 1 aromatic carbocycles. The number of H-pyrrole nitrogens is 1. The van der Waals surface area contributed by atoms with Gasteiger partial charge in [0, 0.05) is 28.4 Å². The molecule has 0 spiro atoms. The molecule has 148 valence electrons. The molecule has 3 heterocycles. The summed E-state index contributed by atoms with van der Waals surface area (Å²) in [6, 6.07) is 10.7. The van der Waals surface area contributed by atoms with E-state index in [1.54, 1.807) is 0 Å². The first-order valence-electron chi connectivity index (χ1n) is 10.4. The summed E-state index contributed by atoms with van der Waals surface area (Å²) in [4.78, 5) is 10.4. The Kier molecular flexibility index (Phi) is 5.40. The fourth-order valence-electron chi connectivity index (χ4n) is 4.25. The zero-order valence-electron chi connectivity index (χ0n) is 17.5. The van der Waals surface area contributed by atoms with Gasteiger partial charge in [-0.05, 0) is 87.6 Å². The van der Waals surface area contributed by atoms with Crippen molar-refractivity contribution >= 4 is 10.9 Å². The van der Waals surface area contributed by atoms with Gasteiger partial charge in [-0.15, -0.1) is 0 Å². The highest BCUT2D eigenvalue weighted by Gasteiger charge is 2.19. The van der Waals surface area contributed by atoms with Gasteiger partial charge in [0.05, 0.1) is 12.3 Å². The first-order valence-corrected chi connectivity index (χ1v) is 10.4. The number of fused-ring (bicyclic) bond motifs is 1. The van der Waals surface area contributed by atoms with Crippen LogP contribution in [0.15, 0.2) is 36.5 Å². The maximum Gasteiger partial charge on any atom is 0.120 e. The van der Waals surface area contributed by atoms with Gasteiger partial charge in [0.15, 0.2) is 0 Å². The summed E-state index contributed by atoms with van der Waals surface area (Å²) < 4.78 is 6.22. The van der Waals surface area contributed by atoms with E-state index < -0.39 is 0 Å². The predicted octanol–water partition coefficient (Wildman–Crippen LogP) is 5.38. The van der Waals surface area contributed by atoms with Gasteiger partial charge in [-0.2, -0.15) is 0 Å². The normalized spacial score (nSPS) is 16.2. The molecule has 4 rings (SSSR count). The third kappa shape index (κ3) is 3.93. The zero-order valence-corrected chi connectivity index (χ0v) is 17.5. The summed E-state index contributed by atoms with van der Waals surface area (Å²) in [6.07, 6.45) is 4.34. The van der Waals surface area contributed by atoms with Gasteiger partial charge in [-0.1, -0.05) is 13.8 Å². The number of rotatable bonds is 5. The van der Waals surface area contributed by atoms with Crippen LogP contribution in [0.3, 0.4) is 0 Å². The Hall–Kier alpha value is -2.33. The fraction of sp³-hybridized carbons (Fsp3) is 0.458. The number of nitrogens with zero attached hydrogens (tertiary/aromatic N) is 2. The minimum absolute atomic E-state index is 0.418. The van der Waals surface area contributed by atoms with Crippen molar-refractivity contribution in [1.29, 1.82) is 0 Å². The van der Waals surface area contributed by atoms with Crippen LogP contribution in [-0.4, -0.2) is 41.6 Å². The summed E-state index contributed by atoms with van der Waals surface area (Å²) in [5, 5.41) is 1.26. The molecule has 0 saturated carbocycles. The first kappa shape index (κ1) is 19.0. The van der Waals surface area contributed by atoms with E-state index in [-0.39, 0.29) is 0 Å². The molecule has 4 nitrogen and oxygen atoms in total. The number of aromatic amines is 1. The van der Waals surface area contributed by atoms with E-state index in [4.69, 9.17) is 4.74 Å². The average molecular weight is 378 g/mol. The van der Waals surface area contributed by atoms with Crippen molar-refractivity contribution in [2.24, 2.45) is 5.92 Å². The lowest BCUT2D eigenvalue weighted by Crippen LogP contribution is -2.32. The van der Waals surface area contributed by atoms with Crippen LogP contribution in [0.2, 0.25) is 0 Å². The van der Waals surface area contributed by atoms with Crippen molar-refractivity contribution in [3.05, 3.63) is 47.8 Å². The molecule has 2 aromatic heterocycles. The number of piperidine rings is 1. The Labute approximate surface area is 167 Å². The molecular weight excluding hydrogens is 346 g/mol. The lowest BCUT2D eigenvalue weighted by molar-refractivity contribution is 0.160. The monoisotopic (exact) mass is 377 g/mol. The molecule has 1 aliphatic rings. The van der Waals surface area contributed by atoms with Crippen LogP contribution in [0, 0.1) is 12.8 Å². The Morgan fingerprint density at radius 3 is 2.68 bits per heavy atom. The van der Waals surface area contributed by atoms with Gasteiger partial charge in [0.2, 0.25) is 0 Å². The summed E-state index contributed by atoms with van der Waals surface area (Å²) >= 11 is 0. The summed E-state index contributed by atoms with van der Waals surface area (Å²) in [7, 11) is 2.20. The van der Waals surface area contributed by atoms with Crippen LogP contribution in [0.25, 0.3) is 22.2 Å². The van der Waals surface area contributed by atoms with Crippen molar-refractivity contribution in [2.75, 3.05) is 26.7 Å².